The molecule has 26 heavy (non-hydrogen) atoms. The van der Waals surface area contributed by atoms with Crippen molar-refractivity contribution >= 4 is 27.4 Å². The van der Waals surface area contributed by atoms with Crippen LogP contribution in [0.1, 0.15) is 29.0 Å². The van der Waals surface area contributed by atoms with Crippen molar-refractivity contribution in [3.8, 4) is 5.69 Å². The second kappa shape index (κ2) is 6.49. The van der Waals surface area contributed by atoms with E-state index in [1.165, 1.54) is 22.3 Å². The van der Waals surface area contributed by atoms with Crippen LogP contribution in [0.3, 0.4) is 0 Å². The van der Waals surface area contributed by atoms with Crippen molar-refractivity contribution in [1.29, 1.82) is 0 Å². The highest BCUT2D eigenvalue weighted by Crippen LogP contribution is 2.36. The zero-order chi connectivity index (χ0) is 18.3. The summed E-state index contributed by atoms with van der Waals surface area (Å²) >= 11 is 1.72. The molecule has 0 amide bonds. The van der Waals surface area contributed by atoms with E-state index in [0.29, 0.717) is 0 Å². The predicted octanol–water partition coefficient (Wildman–Crippen LogP) is 4.09. The SMILES string of the molecule is Cc1sc2ncnc(N(C)[C@H](C)c3ccc(-n4cncn4)cc3)c2c1C. The smallest absolute Gasteiger partial charge is 0.141 e. The van der Waals surface area contributed by atoms with E-state index in [1.54, 1.807) is 28.7 Å². The molecule has 0 aliphatic heterocycles. The van der Waals surface area contributed by atoms with Gasteiger partial charge < -0.3 is 4.90 Å². The van der Waals surface area contributed by atoms with Crippen LogP contribution < -0.4 is 4.90 Å². The average Bonchev–Trinajstić information content (AvgIpc) is 3.30. The normalized spacial score (nSPS) is 12.5. The third kappa shape index (κ3) is 2.74. The van der Waals surface area contributed by atoms with Crippen LogP contribution in [0.25, 0.3) is 15.9 Å². The molecule has 0 aliphatic rings. The quantitative estimate of drug-likeness (QED) is 0.546. The maximum atomic E-state index is 4.58. The molecule has 1 atom stereocenters. The first kappa shape index (κ1) is 16.7. The van der Waals surface area contributed by atoms with E-state index < -0.39 is 0 Å². The molecule has 6 nitrogen and oxygen atoms in total. The summed E-state index contributed by atoms with van der Waals surface area (Å²) in [5, 5.41) is 5.33. The van der Waals surface area contributed by atoms with E-state index in [9.17, 15) is 0 Å². The van der Waals surface area contributed by atoms with Crippen LogP contribution in [0.4, 0.5) is 5.82 Å². The predicted molar refractivity (Wildman–Crippen MR) is 105 cm³/mol. The van der Waals surface area contributed by atoms with Gasteiger partial charge >= 0.3 is 0 Å². The van der Waals surface area contributed by atoms with Crippen LogP contribution in [0.15, 0.2) is 43.2 Å². The summed E-state index contributed by atoms with van der Waals surface area (Å²) < 4.78 is 1.75. The van der Waals surface area contributed by atoms with Crippen LogP contribution in [0.5, 0.6) is 0 Å². The molecule has 0 N–H and O–H groups in total. The van der Waals surface area contributed by atoms with Crippen LogP contribution in [-0.2, 0) is 0 Å². The molecular weight excluding hydrogens is 344 g/mol. The van der Waals surface area contributed by atoms with Crippen molar-refractivity contribution in [1.82, 2.24) is 24.7 Å². The van der Waals surface area contributed by atoms with Gasteiger partial charge in [-0.2, -0.15) is 5.10 Å². The Morgan fingerprint density at radius 1 is 1.08 bits per heavy atom. The molecular formula is C19H20N6S. The molecule has 0 radical (unpaired) electrons. The van der Waals surface area contributed by atoms with E-state index in [0.717, 1.165) is 21.7 Å². The summed E-state index contributed by atoms with van der Waals surface area (Å²) in [7, 11) is 2.09. The second-order valence-electron chi connectivity index (χ2n) is 6.38. The molecule has 0 bridgehead atoms. The Balaban J connectivity index is 1.67. The fourth-order valence-corrected chi connectivity index (χ4v) is 4.08. The van der Waals surface area contributed by atoms with Crippen molar-refractivity contribution in [2.24, 2.45) is 0 Å². The fraction of sp³-hybridized carbons (Fsp3) is 0.263. The Morgan fingerprint density at radius 3 is 2.54 bits per heavy atom. The summed E-state index contributed by atoms with van der Waals surface area (Å²) in [6, 6.07) is 8.55. The molecule has 1 aromatic carbocycles. The van der Waals surface area contributed by atoms with E-state index in [4.69, 9.17) is 0 Å². The van der Waals surface area contributed by atoms with E-state index >= 15 is 0 Å². The minimum atomic E-state index is 0.178. The average molecular weight is 364 g/mol. The van der Waals surface area contributed by atoms with E-state index in [2.05, 4.69) is 77.0 Å². The summed E-state index contributed by atoms with van der Waals surface area (Å²) in [6.45, 7) is 6.47. The summed E-state index contributed by atoms with van der Waals surface area (Å²) in [6.07, 6.45) is 4.89. The highest BCUT2D eigenvalue weighted by molar-refractivity contribution is 7.18. The van der Waals surface area contributed by atoms with Gasteiger partial charge in [0.1, 0.15) is 29.6 Å². The summed E-state index contributed by atoms with van der Waals surface area (Å²) in [5.74, 6) is 0.977. The molecule has 0 fully saturated rings. The first-order valence-corrected chi connectivity index (χ1v) is 9.26. The number of aromatic nitrogens is 5. The maximum absolute atomic E-state index is 4.58. The van der Waals surface area contributed by atoms with Crippen LogP contribution >= 0.6 is 11.3 Å². The largest absolute Gasteiger partial charge is 0.352 e. The van der Waals surface area contributed by atoms with Crippen molar-refractivity contribution in [3.05, 3.63) is 59.3 Å². The molecule has 0 aliphatic carbocycles. The van der Waals surface area contributed by atoms with Gasteiger partial charge in [0, 0.05) is 11.9 Å². The van der Waals surface area contributed by atoms with Gasteiger partial charge in [0.25, 0.3) is 0 Å². The Labute approximate surface area is 156 Å². The molecule has 3 aromatic heterocycles. The number of hydrogen-bond acceptors (Lipinski definition) is 6. The highest BCUT2D eigenvalue weighted by atomic mass is 32.1. The van der Waals surface area contributed by atoms with Gasteiger partial charge in [-0.1, -0.05) is 12.1 Å². The lowest BCUT2D eigenvalue weighted by Gasteiger charge is -2.27. The van der Waals surface area contributed by atoms with E-state index in [1.807, 2.05) is 0 Å². The van der Waals surface area contributed by atoms with Crippen molar-refractivity contribution < 1.29 is 0 Å². The van der Waals surface area contributed by atoms with Gasteiger partial charge in [0.2, 0.25) is 0 Å². The molecule has 7 heteroatoms. The molecule has 0 unspecified atom stereocenters. The zero-order valence-corrected chi connectivity index (χ0v) is 16.0. The number of rotatable bonds is 4. The summed E-state index contributed by atoms with van der Waals surface area (Å²) in [4.78, 5) is 17.6. The number of nitrogens with zero attached hydrogens (tertiary/aromatic N) is 6. The number of aryl methyl sites for hydroxylation is 2. The van der Waals surface area contributed by atoms with Gasteiger partial charge in [0.05, 0.1) is 17.1 Å². The van der Waals surface area contributed by atoms with Gasteiger partial charge in [0.15, 0.2) is 0 Å². The fourth-order valence-electron chi connectivity index (χ4n) is 3.09. The molecule has 0 saturated carbocycles. The number of fused-ring (bicyclic) bond motifs is 1. The van der Waals surface area contributed by atoms with Crippen LogP contribution in [-0.4, -0.2) is 31.8 Å². The van der Waals surface area contributed by atoms with Crippen molar-refractivity contribution in [2.45, 2.75) is 26.8 Å². The highest BCUT2D eigenvalue weighted by Gasteiger charge is 2.19. The first-order chi connectivity index (χ1) is 12.6. The van der Waals surface area contributed by atoms with Gasteiger partial charge in [-0.25, -0.2) is 19.6 Å². The first-order valence-electron chi connectivity index (χ1n) is 8.44. The lowest BCUT2D eigenvalue weighted by molar-refractivity contribution is 0.730. The number of hydrogen-bond donors (Lipinski definition) is 0. The zero-order valence-electron chi connectivity index (χ0n) is 15.2. The molecule has 132 valence electrons. The molecule has 4 aromatic rings. The lowest BCUT2D eigenvalue weighted by Crippen LogP contribution is -2.23. The molecule has 4 rings (SSSR count). The Bertz CT molecular complexity index is 1040. The Kier molecular flexibility index (Phi) is 4.16. The van der Waals surface area contributed by atoms with Crippen molar-refractivity contribution in [2.75, 3.05) is 11.9 Å². The topological polar surface area (TPSA) is 59.7 Å². The van der Waals surface area contributed by atoms with Crippen LogP contribution in [0, 0.1) is 13.8 Å². The van der Waals surface area contributed by atoms with Gasteiger partial charge in [-0.15, -0.1) is 11.3 Å². The minimum absolute atomic E-state index is 0.178. The number of thiophene rings is 1. The third-order valence-electron chi connectivity index (χ3n) is 4.92. The summed E-state index contributed by atoms with van der Waals surface area (Å²) in [5.41, 5.74) is 3.48. The van der Waals surface area contributed by atoms with Crippen molar-refractivity contribution in [3.63, 3.8) is 0 Å². The Hall–Kier alpha value is -2.80. The monoisotopic (exact) mass is 364 g/mol. The van der Waals surface area contributed by atoms with Crippen LogP contribution in [0.2, 0.25) is 0 Å². The number of anilines is 1. The third-order valence-corrected chi connectivity index (χ3v) is 6.03. The minimum Gasteiger partial charge on any atom is -0.352 e. The van der Waals surface area contributed by atoms with Gasteiger partial charge in [-0.05, 0) is 44.0 Å². The second-order valence-corrected chi connectivity index (χ2v) is 7.58. The lowest BCUT2D eigenvalue weighted by atomic mass is 10.1. The maximum Gasteiger partial charge on any atom is 0.141 e. The molecule has 3 heterocycles. The molecule has 0 spiro atoms. The van der Waals surface area contributed by atoms with E-state index in [-0.39, 0.29) is 6.04 Å². The Morgan fingerprint density at radius 2 is 1.85 bits per heavy atom. The standard InChI is InChI=1S/C19H20N6S/c1-12-14(3)26-19-17(12)18(21-10-22-19)24(4)13(2)15-5-7-16(8-6-15)25-11-20-9-23-25/h5-11,13H,1-4H3/t13-/m1/s1. The van der Waals surface area contributed by atoms with Gasteiger partial charge in [-0.3, -0.25) is 0 Å². The number of benzene rings is 1. The molecule has 0 saturated heterocycles.